The quantitative estimate of drug-likeness (QED) is 0.747. The summed E-state index contributed by atoms with van der Waals surface area (Å²) in [5.41, 5.74) is 17.4. The average Bonchev–Trinajstić information content (AvgIpc) is 2.92. The molecule has 4 rings (SSSR count). The zero-order chi connectivity index (χ0) is 16.8. The summed E-state index contributed by atoms with van der Waals surface area (Å²) < 4.78 is 1.40. The molecule has 1 aromatic heterocycles. The average molecular weight is 325 g/mol. The highest BCUT2D eigenvalue weighted by Gasteiger charge is 2.33. The van der Waals surface area contributed by atoms with Crippen molar-refractivity contribution < 1.29 is 4.79 Å². The monoisotopic (exact) mass is 325 g/mol. The van der Waals surface area contributed by atoms with Crippen LogP contribution in [0.3, 0.4) is 0 Å². The Kier molecular flexibility index (Phi) is 3.57. The number of nitrogens with two attached hydrogens (primary N) is 2. The number of aromatic nitrogens is 2. The fourth-order valence-corrected chi connectivity index (χ4v) is 4.00. The van der Waals surface area contributed by atoms with E-state index in [9.17, 15) is 4.79 Å². The van der Waals surface area contributed by atoms with Gasteiger partial charge in [0.2, 0.25) is 0 Å². The fourth-order valence-electron chi connectivity index (χ4n) is 4.00. The van der Waals surface area contributed by atoms with E-state index < -0.39 is 0 Å². The second-order valence-corrected chi connectivity index (χ2v) is 6.80. The summed E-state index contributed by atoms with van der Waals surface area (Å²) in [7, 11) is 0. The van der Waals surface area contributed by atoms with Crippen LogP contribution < -0.4 is 16.8 Å². The molecule has 0 saturated carbocycles. The van der Waals surface area contributed by atoms with Crippen molar-refractivity contribution in [3.05, 3.63) is 40.6 Å². The van der Waals surface area contributed by atoms with Crippen molar-refractivity contribution >= 4 is 17.4 Å². The topological polar surface area (TPSA) is 99.0 Å². The van der Waals surface area contributed by atoms with Gasteiger partial charge >= 0.3 is 0 Å². The number of anilines is 2. The van der Waals surface area contributed by atoms with Crippen LogP contribution in [0.15, 0.2) is 18.2 Å². The Morgan fingerprint density at radius 1 is 1.38 bits per heavy atom. The summed E-state index contributed by atoms with van der Waals surface area (Å²) >= 11 is 0. The van der Waals surface area contributed by atoms with E-state index in [0.29, 0.717) is 5.82 Å². The molecule has 0 amide bonds. The number of nitrogens with zero attached hydrogens (tertiary/aromatic N) is 2. The molecule has 1 aliphatic heterocycles. The Balaban J connectivity index is 1.75. The largest absolute Gasteiger partial charge is 0.385 e. The summed E-state index contributed by atoms with van der Waals surface area (Å²) in [5, 5.41) is 7.92. The second-order valence-electron chi connectivity index (χ2n) is 6.80. The maximum Gasteiger partial charge on any atom is 0.256 e. The molecular formula is C18H23N5O. The van der Waals surface area contributed by atoms with Crippen LogP contribution in [0.4, 0.5) is 11.5 Å². The second kappa shape index (κ2) is 5.63. The fraction of sp³-hybridized carbons (Fsp3) is 0.444. The van der Waals surface area contributed by atoms with Gasteiger partial charge in [-0.05, 0) is 43.7 Å². The van der Waals surface area contributed by atoms with Crippen molar-refractivity contribution in [1.82, 2.24) is 9.78 Å². The number of carbonyl (C=O) groups is 1. The smallest absolute Gasteiger partial charge is 0.256 e. The lowest BCUT2D eigenvalue weighted by Crippen LogP contribution is -2.29. The third-order valence-corrected chi connectivity index (χ3v) is 5.26. The Morgan fingerprint density at radius 2 is 2.21 bits per heavy atom. The molecule has 2 aromatic rings. The van der Waals surface area contributed by atoms with E-state index in [4.69, 9.17) is 11.5 Å². The van der Waals surface area contributed by atoms with E-state index in [1.807, 2.05) is 12.1 Å². The molecular weight excluding hydrogens is 302 g/mol. The Labute approximate surface area is 141 Å². The molecule has 2 heterocycles. The molecule has 1 aliphatic carbocycles. The standard InChI is InChI=1S/C18H23N5O/c1-10-4-2-5-11-12(8-9-21-16(10)11)18(24)23-17(20)15-13(19)6-3-7-14(15)22-23/h2,4-5,12-13,21H,3,6-9,19-20H2,1H3/t12-,13?/m0/s1. The number of hydrogen-bond acceptors (Lipinski definition) is 5. The minimum atomic E-state index is -0.221. The first-order valence-corrected chi connectivity index (χ1v) is 8.58. The Morgan fingerprint density at radius 3 is 3.00 bits per heavy atom. The van der Waals surface area contributed by atoms with Crippen molar-refractivity contribution in [2.75, 3.05) is 17.6 Å². The van der Waals surface area contributed by atoms with Crippen molar-refractivity contribution in [2.24, 2.45) is 5.73 Å². The van der Waals surface area contributed by atoms with Crippen LogP contribution >= 0.6 is 0 Å². The van der Waals surface area contributed by atoms with Crippen LogP contribution in [0.2, 0.25) is 0 Å². The molecule has 1 unspecified atom stereocenters. The van der Waals surface area contributed by atoms with Crippen molar-refractivity contribution in [3.8, 4) is 0 Å². The summed E-state index contributed by atoms with van der Waals surface area (Å²) in [6, 6.07) is 5.95. The number of hydrogen-bond donors (Lipinski definition) is 3. The van der Waals surface area contributed by atoms with Crippen LogP contribution in [0.1, 0.15) is 58.4 Å². The Hall–Kier alpha value is -2.34. The molecule has 126 valence electrons. The lowest BCUT2D eigenvalue weighted by molar-refractivity contribution is 0.0859. The maximum atomic E-state index is 13.2. The van der Waals surface area contributed by atoms with Gasteiger partial charge in [-0.3, -0.25) is 4.79 Å². The molecule has 0 fully saturated rings. The molecule has 2 atom stereocenters. The SMILES string of the molecule is Cc1cccc2c1NCC[C@@H]2C(=O)n1nc2c(c1N)C(N)CCC2. The highest BCUT2D eigenvalue weighted by molar-refractivity contribution is 5.90. The third kappa shape index (κ3) is 2.21. The normalized spacial score (nSPS) is 22.4. The molecule has 6 heteroatoms. The Bertz CT molecular complexity index is 810. The first-order chi connectivity index (χ1) is 11.6. The number of rotatable bonds is 1. The van der Waals surface area contributed by atoms with E-state index >= 15 is 0 Å². The van der Waals surface area contributed by atoms with Gasteiger partial charge in [-0.25, -0.2) is 0 Å². The number of para-hydroxylation sites is 1. The molecule has 5 N–H and O–H groups in total. The molecule has 1 aromatic carbocycles. The van der Waals surface area contributed by atoms with Crippen LogP contribution in [-0.2, 0) is 6.42 Å². The number of aryl methyl sites for hydroxylation is 2. The van der Waals surface area contributed by atoms with E-state index in [1.165, 1.54) is 4.68 Å². The number of benzene rings is 1. The molecule has 0 saturated heterocycles. The molecule has 24 heavy (non-hydrogen) atoms. The van der Waals surface area contributed by atoms with Crippen LogP contribution in [0, 0.1) is 6.92 Å². The van der Waals surface area contributed by atoms with E-state index in [2.05, 4.69) is 23.4 Å². The van der Waals surface area contributed by atoms with Crippen LogP contribution in [-0.4, -0.2) is 22.2 Å². The van der Waals surface area contributed by atoms with Gasteiger partial charge in [-0.2, -0.15) is 9.78 Å². The first-order valence-electron chi connectivity index (χ1n) is 8.58. The van der Waals surface area contributed by atoms with Crippen LogP contribution in [0.5, 0.6) is 0 Å². The van der Waals surface area contributed by atoms with Gasteiger partial charge in [0.1, 0.15) is 5.82 Å². The summed E-state index contributed by atoms with van der Waals surface area (Å²) in [4.78, 5) is 13.2. The van der Waals surface area contributed by atoms with Gasteiger partial charge < -0.3 is 16.8 Å². The van der Waals surface area contributed by atoms with Gasteiger partial charge in [-0.15, -0.1) is 0 Å². The molecule has 6 nitrogen and oxygen atoms in total. The first kappa shape index (κ1) is 15.2. The molecule has 0 radical (unpaired) electrons. The van der Waals surface area contributed by atoms with Crippen LogP contribution in [0.25, 0.3) is 0 Å². The lowest BCUT2D eigenvalue weighted by Gasteiger charge is -2.27. The maximum absolute atomic E-state index is 13.2. The van der Waals surface area contributed by atoms with Gasteiger partial charge in [0.05, 0.1) is 11.6 Å². The van der Waals surface area contributed by atoms with E-state index in [0.717, 1.165) is 60.3 Å². The zero-order valence-electron chi connectivity index (χ0n) is 13.9. The summed E-state index contributed by atoms with van der Waals surface area (Å²) in [5.74, 6) is 0.151. The van der Waals surface area contributed by atoms with E-state index in [-0.39, 0.29) is 17.9 Å². The molecule has 0 spiro atoms. The minimum absolute atomic E-state index is 0.0533. The summed E-state index contributed by atoms with van der Waals surface area (Å²) in [6.07, 6.45) is 3.47. The zero-order valence-corrected chi connectivity index (χ0v) is 13.9. The molecule has 2 aliphatic rings. The third-order valence-electron chi connectivity index (χ3n) is 5.26. The van der Waals surface area contributed by atoms with Crippen molar-refractivity contribution in [1.29, 1.82) is 0 Å². The predicted molar refractivity (Wildman–Crippen MR) is 94.2 cm³/mol. The molecule has 0 bridgehead atoms. The van der Waals surface area contributed by atoms with Gasteiger partial charge in [-0.1, -0.05) is 18.2 Å². The number of nitrogens with one attached hydrogen (secondary N) is 1. The van der Waals surface area contributed by atoms with E-state index in [1.54, 1.807) is 0 Å². The van der Waals surface area contributed by atoms with Crippen molar-refractivity contribution in [3.63, 3.8) is 0 Å². The number of nitrogen functional groups attached to an aromatic ring is 1. The highest BCUT2D eigenvalue weighted by Crippen LogP contribution is 2.37. The number of carbonyl (C=O) groups excluding carboxylic acids is 1. The highest BCUT2D eigenvalue weighted by atomic mass is 16.2. The minimum Gasteiger partial charge on any atom is -0.385 e. The van der Waals surface area contributed by atoms with Gasteiger partial charge in [0.25, 0.3) is 5.91 Å². The van der Waals surface area contributed by atoms with Gasteiger partial charge in [0, 0.05) is 23.8 Å². The lowest BCUT2D eigenvalue weighted by atomic mass is 9.88. The summed E-state index contributed by atoms with van der Waals surface area (Å²) in [6.45, 7) is 2.83. The number of fused-ring (bicyclic) bond motifs is 2. The van der Waals surface area contributed by atoms with Gasteiger partial charge in [0.15, 0.2) is 0 Å². The predicted octanol–water partition coefficient (Wildman–Crippen LogP) is 2.35. The van der Waals surface area contributed by atoms with Crippen molar-refractivity contribution in [2.45, 2.75) is 44.6 Å².